The lowest BCUT2D eigenvalue weighted by atomic mass is 9.92. The third-order valence-corrected chi connectivity index (χ3v) is 4.19. The number of rotatable bonds is 5. The molecule has 1 saturated heterocycles. The molecule has 21 heavy (non-hydrogen) atoms. The van der Waals surface area contributed by atoms with Crippen molar-refractivity contribution in [2.75, 3.05) is 13.2 Å². The average Bonchev–Trinajstić information content (AvgIpc) is 3.08. The maximum atomic E-state index is 6.02. The van der Waals surface area contributed by atoms with Gasteiger partial charge in [-0.05, 0) is 18.8 Å². The summed E-state index contributed by atoms with van der Waals surface area (Å²) in [6.45, 7) is 7.22. The van der Waals surface area contributed by atoms with Gasteiger partial charge in [0.2, 0.25) is 0 Å². The van der Waals surface area contributed by atoms with E-state index in [2.05, 4.69) is 23.9 Å². The Hall–Kier alpha value is -0.980. The standard InChI is InChI=1S/C15H25N3O3/c1-12(2)9-18-14(16-11-17-18)10-19-13-3-5-15(6-4-13)20-7-8-21-15/h11-13H,3-10H2,1-2H3. The molecule has 0 aromatic carbocycles. The number of hydrogen-bond donors (Lipinski definition) is 0. The summed E-state index contributed by atoms with van der Waals surface area (Å²) >= 11 is 0. The van der Waals surface area contributed by atoms with Gasteiger partial charge in [-0.25, -0.2) is 9.67 Å². The lowest BCUT2D eigenvalue weighted by Gasteiger charge is -2.35. The van der Waals surface area contributed by atoms with Crippen molar-refractivity contribution < 1.29 is 14.2 Å². The van der Waals surface area contributed by atoms with Gasteiger partial charge in [0.1, 0.15) is 12.9 Å². The van der Waals surface area contributed by atoms with Crippen LogP contribution in [0.2, 0.25) is 0 Å². The Labute approximate surface area is 125 Å². The van der Waals surface area contributed by atoms with Crippen LogP contribution in [0.4, 0.5) is 0 Å². The van der Waals surface area contributed by atoms with Crippen LogP contribution in [0.3, 0.4) is 0 Å². The van der Waals surface area contributed by atoms with E-state index < -0.39 is 0 Å². The normalized spacial score (nSPS) is 22.4. The minimum Gasteiger partial charge on any atom is -0.370 e. The highest BCUT2D eigenvalue weighted by Crippen LogP contribution is 2.36. The van der Waals surface area contributed by atoms with Crippen molar-refractivity contribution in [3.05, 3.63) is 12.2 Å². The summed E-state index contributed by atoms with van der Waals surface area (Å²) in [6, 6.07) is 0. The fourth-order valence-electron chi connectivity index (χ4n) is 3.07. The van der Waals surface area contributed by atoms with Crippen molar-refractivity contribution in [3.8, 4) is 0 Å². The molecule has 1 saturated carbocycles. The maximum Gasteiger partial charge on any atom is 0.168 e. The second-order valence-electron chi connectivity index (χ2n) is 6.37. The third-order valence-electron chi connectivity index (χ3n) is 4.19. The van der Waals surface area contributed by atoms with Crippen LogP contribution < -0.4 is 0 Å². The van der Waals surface area contributed by atoms with Crippen LogP contribution in [0.15, 0.2) is 6.33 Å². The maximum absolute atomic E-state index is 6.02. The van der Waals surface area contributed by atoms with Crippen LogP contribution in [-0.4, -0.2) is 39.9 Å². The Kier molecular flexibility index (Phi) is 4.57. The molecule has 0 amide bonds. The summed E-state index contributed by atoms with van der Waals surface area (Å²) in [5.74, 6) is 1.16. The van der Waals surface area contributed by atoms with Gasteiger partial charge in [-0.2, -0.15) is 5.10 Å². The van der Waals surface area contributed by atoms with Crippen LogP contribution in [-0.2, 0) is 27.4 Å². The second-order valence-corrected chi connectivity index (χ2v) is 6.37. The Morgan fingerprint density at radius 3 is 2.71 bits per heavy atom. The van der Waals surface area contributed by atoms with Crippen molar-refractivity contribution in [3.63, 3.8) is 0 Å². The number of ether oxygens (including phenoxy) is 3. The molecule has 6 heteroatoms. The van der Waals surface area contributed by atoms with Crippen LogP contribution in [0.5, 0.6) is 0 Å². The molecular weight excluding hydrogens is 270 g/mol. The SMILES string of the molecule is CC(C)Cn1ncnc1COC1CCC2(CC1)OCCO2. The zero-order chi connectivity index (χ0) is 14.7. The van der Waals surface area contributed by atoms with Crippen LogP contribution in [0.25, 0.3) is 0 Å². The quantitative estimate of drug-likeness (QED) is 0.833. The van der Waals surface area contributed by atoms with E-state index in [0.717, 1.165) is 51.3 Å². The molecule has 0 bridgehead atoms. The molecule has 1 aromatic heterocycles. The largest absolute Gasteiger partial charge is 0.370 e. The lowest BCUT2D eigenvalue weighted by Crippen LogP contribution is -2.37. The molecular formula is C15H25N3O3. The summed E-state index contributed by atoms with van der Waals surface area (Å²) < 4.78 is 19.4. The highest BCUT2D eigenvalue weighted by Gasteiger charge is 2.40. The number of aromatic nitrogens is 3. The molecule has 1 aliphatic heterocycles. The molecule has 0 unspecified atom stereocenters. The van der Waals surface area contributed by atoms with Crippen molar-refractivity contribution in [1.29, 1.82) is 0 Å². The Bertz CT molecular complexity index is 445. The fraction of sp³-hybridized carbons (Fsp3) is 0.867. The van der Waals surface area contributed by atoms with Gasteiger partial charge < -0.3 is 14.2 Å². The van der Waals surface area contributed by atoms with E-state index in [-0.39, 0.29) is 11.9 Å². The molecule has 1 spiro atoms. The van der Waals surface area contributed by atoms with Gasteiger partial charge >= 0.3 is 0 Å². The van der Waals surface area contributed by atoms with Gasteiger partial charge in [0.25, 0.3) is 0 Å². The van der Waals surface area contributed by atoms with Gasteiger partial charge in [-0.1, -0.05) is 13.8 Å². The average molecular weight is 295 g/mol. The first-order valence-corrected chi connectivity index (χ1v) is 7.93. The van der Waals surface area contributed by atoms with E-state index in [1.807, 2.05) is 4.68 Å². The number of nitrogens with zero attached hydrogens (tertiary/aromatic N) is 3. The topological polar surface area (TPSA) is 58.4 Å². The molecule has 2 heterocycles. The van der Waals surface area contributed by atoms with Gasteiger partial charge in [0.15, 0.2) is 11.6 Å². The monoisotopic (exact) mass is 295 g/mol. The zero-order valence-electron chi connectivity index (χ0n) is 13.0. The van der Waals surface area contributed by atoms with Gasteiger partial charge in [0.05, 0.1) is 19.3 Å². The number of hydrogen-bond acceptors (Lipinski definition) is 5. The molecule has 2 fully saturated rings. The molecule has 1 aliphatic carbocycles. The third kappa shape index (κ3) is 3.62. The predicted molar refractivity (Wildman–Crippen MR) is 76.5 cm³/mol. The molecule has 0 radical (unpaired) electrons. The molecule has 3 rings (SSSR count). The Morgan fingerprint density at radius 1 is 1.33 bits per heavy atom. The van der Waals surface area contributed by atoms with E-state index in [9.17, 15) is 0 Å². The summed E-state index contributed by atoms with van der Waals surface area (Å²) in [7, 11) is 0. The highest BCUT2D eigenvalue weighted by molar-refractivity contribution is 4.85. The van der Waals surface area contributed by atoms with Crippen LogP contribution in [0, 0.1) is 5.92 Å². The Morgan fingerprint density at radius 2 is 2.05 bits per heavy atom. The molecule has 0 N–H and O–H groups in total. The molecule has 6 nitrogen and oxygen atoms in total. The fourth-order valence-corrected chi connectivity index (χ4v) is 3.07. The smallest absolute Gasteiger partial charge is 0.168 e. The first-order chi connectivity index (χ1) is 10.2. The summed E-state index contributed by atoms with van der Waals surface area (Å²) in [5, 5.41) is 4.26. The summed E-state index contributed by atoms with van der Waals surface area (Å²) in [4.78, 5) is 4.30. The Balaban J connectivity index is 1.47. The van der Waals surface area contributed by atoms with Crippen molar-refractivity contribution in [2.24, 2.45) is 5.92 Å². The van der Waals surface area contributed by atoms with Crippen molar-refractivity contribution >= 4 is 0 Å². The first-order valence-electron chi connectivity index (χ1n) is 7.93. The zero-order valence-corrected chi connectivity index (χ0v) is 13.0. The van der Waals surface area contributed by atoms with E-state index in [0.29, 0.717) is 12.5 Å². The second kappa shape index (κ2) is 6.42. The van der Waals surface area contributed by atoms with E-state index in [4.69, 9.17) is 14.2 Å². The lowest BCUT2D eigenvalue weighted by molar-refractivity contribution is -0.192. The summed E-state index contributed by atoms with van der Waals surface area (Å²) in [6.07, 6.45) is 5.70. The van der Waals surface area contributed by atoms with Crippen molar-refractivity contribution in [2.45, 2.75) is 64.6 Å². The minimum atomic E-state index is -0.308. The van der Waals surface area contributed by atoms with Gasteiger partial charge in [0, 0.05) is 19.4 Å². The van der Waals surface area contributed by atoms with Crippen LogP contribution >= 0.6 is 0 Å². The molecule has 2 aliphatic rings. The first kappa shape index (κ1) is 14.9. The molecule has 118 valence electrons. The molecule has 0 atom stereocenters. The van der Waals surface area contributed by atoms with Crippen LogP contribution in [0.1, 0.15) is 45.4 Å². The predicted octanol–water partition coefficient (Wildman–Crippen LogP) is 2.14. The van der Waals surface area contributed by atoms with Gasteiger partial charge in [-0.3, -0.25) is 0 Å². The van der Waals surface area contributed by atoms with E-state index in [1.54, 1.807) is 6.33 Å². The van der Waals surface area contributed by atoms with E-state index >= 15 is 0 Å². The minimum absolute atomic E-state index is 0.271. The van der Waals surface area contributed by atoms with E-state index in [1.165, 1.54) is 0 Å². The van der Waals surface area contributed by atoms with Crippen molar-refractivity contribution in [1.82, 2.24) is 14.8 Å². The highest BCUT2D eigenvalue weighted by atomic mass is 16.7. The summed E-state index contributed by atoms with van der Waals surface area (Å²) in [5.41, 5.74) is 0. The molecule has 1 aromatic rings. The van der Waals surface area contributed by atoms with Gasteiger partial charge in [-0.15, -0.1) is 0 Å².